The van der Waals surface area contributed by atoms with Crippen LogP contribution in [0.15, 0.2) is 108 Å². The number of aryl methyl sites for hydroxylation is 1. The van der Waals surface area contributed by atoms with Crippen molar-refractivity contribution in [2.75, 3.05) is 17.5 Å². The highest BCUT2D eigenvalue weighted by Gasteiger charge is 2.36. The van der Waals surface area contributed by atoms with Gasteiger partial charge in [0.1, 0.15) is 18.3 Å². The Balaban J connectivity index is 1.85. The standard InChI is InChI=1S/C37H42ClN3O5S/c1-5-28(4)39-37(43)34(24-29-15-8-7-9-16-29)40(25-30-17-11-10-14-27(30)3)36(42)26-41(33-18-12-13-19-35(33)46-6-2)47(44,45)32-22-20-31(38)21-23-32/h7-23,28,34H,5-6,24-26H2,1-4H3,(H,39,43)/t28-,34+/m1/s1. The molecule has 0 saturated carbocycles. The number of carbonyl (C=O) groups is 2. The molecule has 10 heteroatoms. The van der Waals surface area contributed by atoms with Crippen LogP contribution in [0, 0.1) is 6.92 Å². The van der Waals surface area contributed by atoms with Crippen LogP contribution in [0.2, 0.25) is 5.02 Å². The van der Waals surface area contributed by atoms with Gasteiger partial charge >= 0.3 is 0 Å². The summed E-state index contributed by atoms with van der Waals surface area (Å²) in [5.41, 5.74) is 2.86. The molecule has 248 valence electrons. The molecule has 0 spiro atoms. The molecule has 8 nitrogen and oxygen atoms in total. The molecule has 0 aliphatic heterocycles. The van der Waals surface area contributed by atoms with Crippen LogP contribution < -0.4 is 14.4 Å². The van der Waals surface area contributed by atoms with Crippen molar-refractivity contribution in [3.05, 3.63) is 125 Å². The summed E-state index contributed by atoms with van der Waals surface area (Å²) in [7, 11) is -4.30. The second kappa shape index (κ2) is 16.5. The van der Waals surface area contributed by atoms with E-state index in [1.807, 2.05) is 75.4 Å². The second-order valence-corrected chi connectivity index (χ2v) is 13.6. The number of hydrogen-bond donors (Lipinski definition) is 1. The van der Waals surface area contributed by atoms with Gasteiger partial charge in [-0.1, -0.05) is 85.3 Å². The van der Waals surface area contributed by atoms with Crippen molar-refractivity contribution in [1.29, 1.82) is 0 Å². The van der Waals surface area contributed by atoms with E-state index in [0.29, 0.717) is 17.2 Å². The third kappa shape index (κ3) is 9.14. The summed E-state index contributed by atoms with van der Waals surface area (Å²) in [4.78, 5) is 30.2. The molecule has 2 amide bonds. The number of sulfonamides is 1. The number of carbonyl (C=O) groups excluding carboxylic acids is 2. The van der Waals surface area contributed by atoms with Crippen LogP contribution in [0.25, 0.3) is 0 Å². The maximum absolute atomic E-state index is 14.7. The van der Waals surface area contributed by atoms with Crippen molar-refractivity contribution in [3.63, 3.8) is 0 Å². The van der Waals surface area contributed by atoms with Gasteiger partial charge in [-0.25, -0.2) is 8.42 Å². The number of anilines is 1. The lowest BCUT2D eigenvalue weighted by molar-refractivity contribution is -0.140. The number of hydrogen-bond acceptors (Lipinski definition) is 5. The first-order valence-electron chi connectivity index (χ1n) is 15.7. The van der Waals surface area contributed by atoms with E-state index in [9.17, 15) is 18.0 Å². The molecule has 0 aliphatic carbocycles. The van der Waals surface area contributed by atoms with Crippen molar-refractivity contribution in [2.24, 2.45) is 0 Å². The molecule has 47 heavy (non-hydrogen) atoms. The van der Waals surface area contributed by atoms with Crippen LogP contribution >= 0.6 is 11.6 Å². The predicted octanol–water partition coefficient (Wildman–Crippen LogP) is 6.80. The minimum atomic E-state index is -4.30. The zero-order valence-electron chi connectivity index (χ0n) is 27.2. The molecule has 0 unspecified atom stereocenters. The number of para-hydroxylation sites is 2. The monoisotopic (exact) mass is 675 g/mol. The second-order valence-electron chi connectivity index (χ2n) is 11.3. The Morgan fingerprint density at radius 3 is 2.17 bits per heavy atom. The first-order valence-corrected chi connectivity index (χ1v) is 17.5. The van der Waals surface area contributed by atoms with E-state index in [1.54, 1.807) is 31.2 Å². The zero-order chi connectivity index (χ0) is 34.0. The molecule has 0 aromatic heterocycles. The predicted molar refractivity (Wildman–Crippen MR) is 187 cm³/mol. The van der Waals surface area contributed by atoms with E-state index in [2.05, 4.69) is 5.32 Å². The summed E-state index contributed by atoms with van der Waals surface area (Å²) in [6.07, 6.45) is 0.942. The van der Waals surface area contributed by atoms with Crippen LogP contribution in [0.5, 0.6) is 5.75 Å². The number of nitrogens with zero attached hydrogens (tertiary/aromatic N) is 2. The average molecular weight is 676 g/mol. The molecule has 0 radical (unpaired) electrons. The maximum Gasteiger partial charge on any atom is 0.264 e. The summed E-state index contributed by atoms with van der Waals surface area (Å²) in [6.45, 7) is 7.43. The molecule has 4 aromatic rings. The van der Waals surface area contributed by atoms with E-state index in [0.717, 1.165) is 21.0 Å². The third-order valence-corrected chi connectivity index (χ3v) is 10.0. The number of nitrogens with one attached hydrogen (secondary N) is 1. The van der Waals surface area contributed by atoms with Crippen molar-refractivity contribution < 1.29 is 22.7 Å². The molecule has 1 N–H and O–H groups in total. The van der Waals surface area contributed by atoms with Crippen LogP contribution in [-0.4, -0.2) is 50.4 Å². The molecule has 0 bridgehead atoms. The van der Waals surface area contributed by atoms with E-state index in [1.165, 1.54) is 29.2 Å². The van der Waals surface area contributed by atoms with Gasteiger partial charge < -0.3 is 15.0 Å². The molecule has 0 saturated heterocycles. The van der Waals surface area contributed by atoms with Gasteiger partial charge in [0.2, 0.25) is 11.8 Å². The molecule has 0 aliphatic rings. The molecule has 0 heterocycles. The fraction of sp³-hybridized carbons (Fsp3) is 0.297. The fourth-order valence-electron chi connectivity index (χ4n) is 5.15. The number of rotatable bonds is 15. The number of halogens is 1. The van der Waals surface area contributed by atoms with Gasteiger partial charge in [-0.2, -0.15) is 0 Å². The molecular formula is C37H42ClN3O5S. The summed E-state index contributed by atoms with van der Waals surface area (Å²) < 4.78 is 35.5. The number of ether oxygens (including phenoxy) is 1. The summed E-state index contributed by atoms with van der Waals surface area (Å²) in [5.74, 6) is -0.551. The molecular weight excluding hydrogens is 634 g/mol. The summed E-state index contributed by atoms with van der Waals surface area (Å²) >= 11 is 6.09. The number of benzene rings is 4. The van der Waals surface area contributed by atoms with Gasteiger partial charge in [-0.15, -0.1) is 0 Å². The van der Waals surface area contributed by atoms with Gasteiger partial charge in [0.05, 0.1) is 17.2 Å². The van der Waals surface area contributed by atoms with E-state index < -0.39 is 28.5 Å². The summed E-state index contributed by atoms with van der Waals surface area (Å²) in [5, 5.41) is 3.44. The average Bonchev–Trinajstić information content (AvgIpc) is 3.07. The summed E-state index contributed by atoms with van der Waals surface area (Å²) in [6, 6.07) is 28.6. The fourth-order valence-corrected chi connectivity index (χ4v) is 6.70. The largest absolute Gasteiger partial charge is 0.492 e. The van der Waals surface area contributed by atoms with Gasteiger partial charge in [0, 0.05) is 24.0 Å². The first kappa shape index (κ1) is 35.5. The SMILES string of the molecule is CCOc1ccccc1N(CC(=O)N(Cc1ccccc1C)[C@@H](Cc1ccccc1)C(=O)N[C@H](C)CC)S(=O)(=O)c1ccc(Cl)cc1. The van der Waals surface area contributed by atoms with Crippen molar-refractivity contribution in [3.8, 4) is 5.75 Å². The first-order chi connectivity index (χ1) is 22.5. The topological polar surface area (TPSA) is 96.0 Å². The molecule has 0 fully saturated rings. The van der Waals surface area contributed by atoms with E-state index in [4.69, 9.17) is 16.3 Å². The van der Waals surface area contributed by atoms with Crippen LogP contribution in [-0.2, 0) is 32.6 Å². The minimum Gasteiger partial charge on any atom is -0.492 e. The van der Waals surface area contributed by atoms with Crippen molar-refractivity contribution in [1.82, 2.24) is 10.2 Å². The number of amides is 2. The van der Waals surface area contributed by atoms with Crippen molar-refractivity contribution in [2.45, 2.75) is 64.1 Å². The lowest BCUT2D eigenvalue weighted by Gasteiger charge is -2.35. The maximum atomic E-state index is 14.7. The minimum absolute atomic E-state index is 0.0400. The highest BCUT2D eigenvalue weighted by molar-refractivity contribution is 7.92. The lowest BCUT2D eigenvalue weighted by atomic mass is 10.0. The zero-order valence-corrected chi connectivity index (χ0v) is 28.8. The quantitative estimate of drug-likeness (QED) is 0.150. The van der Waals surface area contributed by atoms with Gasteiger partial charge in [-0.05, 0) is 80.3 Å². The Morgan fingerprint density at radius 2 is 1.51 bits per heavy atom. The molecule has 2 atom stereocenters. The van der Waals surface area contributed by atoms with E-state index in [-0.39, 0.29) is 42.1 Å². The Hall–Kier alpha value is -4.34. The molecule has 4 aromatic carbocycles. The van der Waals surface area contributed by atoms with E-state index >= 15 is 0 Å². The van der Waals surface area contributed by atoms with Crippen LogP contribution in [0.3, 0.4) is 0 Å². The Labute approximate surface area is 283 Å². The highest BCUT2D eigenvalue weighted by Crippen LogP contribution is 2.33. The third-order valence-electron chi connectivity index (χ3n) is 7.99. The normalized spacial score (nSPS) is 12.5. The Bertz CT molecular complexity index is 1750. The highest BCUT2D eigenvalue weighted by atomic mass is 35.5. The lowest BCUT2D eigenvalue weighted by Crippen LogP contribution is -2.54. The van der Waals surface area contributed by atoms with Crippen LogP contribution in [0.4, 0.5) is 5.69 Å². The van der Waals surface area contributed by atoms with Gasteiger partial charge in [0.15, 0.2) is 0 Å². The van der Waals surface area contributed by atoms with Crippen LogP contribution in [0.1, 0.15) is 43.9 Å². The van der Waals surface area contributed by atoms with Gasteiger partial charge in [-0.3, -0.25) is 13.9 Å². The van der Waals surface area contributed by atoms with Crippen molar-refractivity contribution >= 4 is 39.1 Å². The Kier molecular flexibility index (Phi) is 12.4. The molecule has 4 rings (SSSR count). The Morgan fingerprint density at radius 1 is 0.872 bits per heavy atom. The smallest absolute Gasteiger partial charge is 0.264 e. The van der Waals surface area contributed by atoms with Gasteiger partial charge in [0.25, 0.3) is 10.0 Å².